The molecular formula is C20H19N5O3S. The van der Waals surface area contributed by atoms with Crippen molar-refractivity contribution in [2.24, 2.45) is 7.05 Å². The molecule has 0 fully saturated rings. The van der Waals surface area contributed by atoms with Crippen molar-refractivity contribution in [3.8, 4) is 11.5 Å². The van der Waals surface area contributed by atoms with Crippen molar-refractivity contribution in [1.82, 2.24) is 19.7 Å². The van der Waals surface area contributed by atoms with Crippen LogP contribution in [-0.2, 0) is 11.8 Å². The third kappa shape index (κ3) is 3.68. The summed E-state index contributed by atoms with van der Waals surface area (Å²) in [5.74, 6) is 1.13. The molecule has 0 spiro atoms. The van der Waals surface area contributed by atoms with Crippen molar-refractivity contribution in [1.29, 1.82) is 0 Å². The molecule has 148 valence electrons. The van der Waals surface area contributed by atoms with Gasteiger partial charge in [-0.05, 0) is 18.2 Å². The summed E-state index contributed by atoms with van der Waals surface area (Å²) in [6.07, 6.45) is 0. The van der Waals surface area contributed by atoms with Crippen LogP contribution in [-0.4, -0.2) is 45.6 Å². The predicted octanol–water partition coefficient (Wildman–Crippen LogP) is 3.26. The first-order valence-corrected chi connectivity index (χ1v) is 9.82. The predicted molar refractivity (Wildman–Crippen MR) is 113 cm³/mol. The molecule has 0 atom stereocenters. The standard InChI is InChI=1S/C20H19N5O3S/c1-25-15-7-5-4-6-13(15)18-19(25)22-20(24-23-18)29-11-17(26)21-14-9-8-12(27-2)10-16(14)28-3/h4-10H,11H2,1-3H3,(H,21,26). The van der Waals surface area contributed by atoms with Gasteiger partial charge in [0.1, 0.15) is 17.0 Å². The zero-order chi connectivity index (χ0) is 20.4. The van der Waals surface area contributed by atoms with Gasteiger partial charge in [0.2, 0.25) is 11.1 Å². The van der Waals surface area contributed by atoms with E-state index in [1.165, 1.54) is 18.9 Å². The molecule has 0 saturated heterocycles. The molecule has 1 amide bonds. The Morgan fingerprint density at radius 1 is 1.14 bits per heavy atom. The number of nitrogens with zero attached hydrogens (tertiary/aromatic N) is 4. The van der Waals surface area contributed by atoms with Crippen LogP contribution in [0.3, 0.4) is 0 Å². The summed E-state index contributed by atoms with van der Waals surface area (Å²) in [5.41, 5.74) is 3.10. The van der Waals surface area contributed by atoms with Crippen LogP contribution in [0.2, 0.25) is 0 Å². The molecule has 0 aliphatic carbocycles. The third-order valence-corrected chi connectivity index (χ3v) is 5.34. The van der Waals surface area contributed by atoms with Gasteiger partial charge in [-0.25, -0.2) is 4.98 Å². The lowest BCUT2D eigenvalue weighted by Gasteiger charge is -2.11. The lowest BCUT2D eigenvalue weighted by molar-refractivity contribution is -0.113. The first-order valence-electron chi connectivity index (χ1n) is 8.83. The SMILES string of the molecule is COc1ccc(NC(=O)CSc2nnc3c4ccccc4n(C)c3n2)c(OC)c1. The number of benzene rings is 2. The molecule has 4 aromatic rings. The highest BCUT2D eigenvalue weighted by Crippen LogP contribution is 2.29. The summed E-state index contributed by atoms with van der Waals surface area (Å²) in [5, 5.41) is 12.8. The number of fused-ring (bicyclic) bond motifs is 3. The van der Waals surface area contributed by atoms with E-state index in [9.17, 15) is 4.79 Å². The van der Waals surface area contributed by atoms with E-state index in [4.69, 9.17) is 9.47 Å². The second-order valence-corrected chi connectivity index (χ2v) is 7.19. The van der Waals surface area contributed by atoms with Gasteiger partial charge in [0.05, 0.1) is 31.2 Å². The summed E-state index contributed by atoms with van der Waals surface area (Å²) < 4.78 is 12.4. The van der Waals surface area contributed by atoms with Crippen LogP contribution < -0.4 is 14.8 Å². The quantitative estimate of drug-likeness (QED) is 0.489. The minimum atomic E-state index is -0.195. The number of carbonyl (C=O) groups is 1. The van der Waals surface area contributed by atoms with Gasteiger partial charge >= 0.3 is 0 Å². The molecule has 1 N–H and O–H groups in total. The second-order valence-electron chi connectivity index (χ2n) is 6.25. The Morgan fingerprint density at radius 2 is 1.97 bits per heavy atom. The van der Waals surface area contributed by atoms with E-state index in [-0.39, 0.29) is 11.7 Å². The number of carbonyl (C=O) groups excluding carboxylic acids is 1. The Morgan fingerprint density at radius 3 is 2.76 bits per heavy atom. The molecule has 0 radical (unpaired) electrons. The monoisotopic (exact) mass is 409 g/mol. The number of para-hydroxylation sites is 1. The third-order valence-electron chi connectivity index (χ3n) is 4.50. The topological polar surface area (TPSA) is 91.2 Å². The normalized spacial score (nSPS) is 11.0. The maximum atomic E-state index is 12.4. The second kappa shape index (κ2) is 7.96. The number of hydrogen-bond acceptors (Lipinski definition) is 7. The number of anilines is 1. The largest absolute Gasteiger partial charge is 0.497 e. The number of rotatable bonds is 6. The highest BCUT2D eigenvalue weighted by atomic mass is 32.2. The summed E-state index contributed by atoms with van der Waals surface area (Å²) in [7, 11) is 5.05. The summed E-state index contributed by atoms with van der Waals surface area (Å²) >= 11 is 1.23. The average Bonchev–Trinajstić information content (AvgIpc) is 3.04. The molecule has 0 aliphatic rings. The van der Waals surface area contributed by atoms with E-state index in [0.717, 1.165) is 22.1 Å². The fourth-order valence-corrected chi connectivity index (χ4v) is 3.65. The highest BCUT2D eigenvalue weighted by molar-refractivity contribution is 7.99. The maximum absolute atomic E-state index is 12.4. The van der Waals surface area contributed by atoms with Gasteiger partial charge in [0, 0.05) is 18.5 Å². The molecule has 2 heterocycles. The van der Waals surface area contributed by atoms with E-state index in [1.54, 1.807) is 25.3 Å². The zero-order valence-electron chi connectivity index (χ0n) is 16.2. The maximum Gasteiger partial charge on any atom is 0.234 e. The summed E-state index contributed by atoms with van der Waals surface area (Å²) in [6, 6.07) is 13.2. The van der Waals surface area contributed by atoms with Gasteiger partial charge in [-0.15, -0.1) is 10.2 Å². The number of methoxy groups -OCH3 is 2. The van der Waals surface area contributed by atoms with Crippen molar-refractivity contribution in [3.63, 3.8) is 0 Å². The number of thioether (sulfide) groups is 1. The lowest BCUT2D eigenvalue weighted by atomic mass is 10.2. The fraction of sp³-hybridized carbons (Fsp3) is 0.200. The minimum absolute atomic E-state index is 0.145. The summed E-state index contributed by atoms with van der Waals surface area (Å²) in [6.45, 7) is 0. The molecule has 9 heteroatoms. The zero-order valence-corrected chi connectivity index (χ0v) is 17.0. The molecule has 8 nitrogen and oxygen atoms in total. The number of aromatic nitrogens is 4. The van der Waals surface area contributed by atoms with Crippen molar-refractivity contribution in [2.75, 3.05) is 25.3 Å². The molecule has 0 bridgehead atoms. The molecule has 0 saturated carbocycles. The van der Waals surface area contributed by atoms with Gasteiger partial charge in [-0.3, -0.25) is 4.79 Å². The number of amides is 1. The van der Waals surface area contributed by atoms with Crippen molar-refractivity contribution in [3.05, 3.63) is 42.5 Å². The Hall–Kier alpha value is -3.33. The Labute approximate surface area is 171 Å². The van der Waals surface area contributed by atoms with E-state index in [1.807, 2.05) is 35.9 Å². The minimum Gasteiger partial charge on any atom is -0.497 e. The first kappa shape index (κ1) is 19.0. The number of hydrogen-bond donors (Lipinski definition) is 1. The first-order chi connectivity index (χ1) is 14.1. The van der Waals surface area contributed by atoms with Crippen LogP contribution in [0.4, 0.5) is 5.69 Å². The molecule has 29 heavy (non-hydrogen) atoms. The van der Waals surface area contributed by atoms with Crippen molar-refractivity contribution < 1.29 is 14.3 Å². The van der Waals surface area contributed by atoms with Gasteiger partial charge in [0.15, 0.2) is 5.65 Å². The van der Waals surface area contributed by atoms with Gasteiger partial charge in [-0.1, -0.05) is 30.0 Å². The van der Waals surface area contributed by atoms with E-state index < -0.39 is 0 Å². The van der Waals surface area contributed by atoms with E-state index in [0.29, 0.717) is 22.3 Å². The highest BCUT2D eigenvalue weighted by Gasteiger charge is 2.14. The fourth-order valence-electron chi connectivity index (χ4n) is 3.07. The van der Waals surface area contributed by atoms with E-state index >= 15 is 0 Å². The average molecular weight is 409 g/mol. The van der Waals surface area contributed by atoms with Crippen LogP contribution in [0.15, 0.2) is 47.6 Å². The number of nitrogens with one attached hydrogen (secondary N) is 1. The van der Waals surface area contributed by atoms with Gasteiger partial charge in [-0.2, -0.15) is 0 Å². The van der Waals surface area contributed by atoms with Crippen molar-refractivity contribution in [2.45, 2.75) is 5.16 Å². The Bertz CT molecular complexity index is 1210. The van der Waals surface area contributed by atoms with E-state index in [2.05, 4.69) is 20.5 Å². The molecular weight excluding hydrogens is 390 g/mol. The van der Waals surface area contributed by atoms with Crippen molar-refractivity contribution >= 4 is 45.4 Å². The van der Waals surface area contributed by atoms with Gasteiger partial charge in [0.25, 0.3) is 0 Å². The van der Waals surface area contributed by atoms with Gasteiger partial charge < -0.3 is 19.4 Å². The Balaban J connectivity index is 1.49. The molecule has 2 aromatic carbocycles. The van der Waals surface area contributed by atoms with Crippen LogP contribution in [0, 0.1) is 0 Å². The lowest BCUT2D eigenvalue weighted by Crippen LogP contribution is -2.15. The summed E-state index contributed by atoms with van der Waals surface area (Å²) in [4.78, 5) is 17.0. The smallest absolute Gasteiger partial charge is 0.234 e. The molecule has 0 unspecified atom stereocenters. The van der Waals surface area contributed by atoms with Crippen LogP contribution in [0.5, 0.6) is 11.5 Å². The molecule has 0 aliphatic heterocycles. The molecule has 2 aromatic heterocycles. The van der Waals surface area contributed by atoms with Crippen LogP contribution in [0.25, 0.3) is 22.1 Å². The molecule has 4 rings (SSSR count). The number of ether oxygens (including phenoxy) is 2. The number of aryl methyl sites for hydroxylation is 1. The van der Waals surface area contributed by atoms with Crippen LogP contribution in [0.1, 0.15) is 0 Å². The van der Waals surface area contributed by atoms with Crippen LogP contribution >= 0.6 is 11.8 Å². The Kier molecular flexibility index (Phi) is 5.22.